The lowest BCUT2D eigenvalue weighted by Crippen LogP contribution is -2.12. The van der Waals surface area contributed by atoms with Crippen LogP contribution in [-0.4, -0.2) is 26.3 Å². The second kappa shape index (κ2) is 4.66. The molecule has 4 rings (SSSR count). The third-order valence-corrected chi connectivity index (χ3v) is 3.47. The number of benzene rings is 2. The highest BCUT2D eigenvalue weighted by molar-refractivity contribution is 6.15. The van der Waals surface area contributed by atoms with E-state index >= 15 is 0 Å². The van der Waals surface area contributed by atoms with E-state index in [1.54, 1.807) is 12.3 Å². The lowest BCUT2D eigenvalue weighted by atomic mass is 10.1. The first kappa shape index (κ1) is 12.5. The fourth-order valence-corrected chi connectivity index (χ4v) is 2.40. The molecular formula is C15H10FN5O. The van der Waals surface area contributed by atoms with Crippen molar-refractivity contribution in [1.29, 1.82) is 0 Å². The predicted octanol–water partition coefficient (Wildman–Crippen LogP) is 2.83. The number of halogens is 1. The number of nitrogens with zero attached hydrogens (tertiary/aromatic N) is 2. The van der Waals surface area contributed by atoms with Crippen molar-refractivity contribution in [3.63, 3.8) is 0 Å². The summed E-state index contributed by atoms with van der Waals surface area (Å²) in [5, 5.41) is 18.0. The minimum atomic E-state index is -0.354. The molecule has 0 aliphatic rings. The van der Waals surface area contributed by atoms with Crippen LogP contribution in [0.5, 0.6) is 0 Å². The van der Waals surface area contributed by atoms with Gasteiger partial charge in [0.25, 0.3) is 5.91 Å². The molecule has 1 amide bonds. The highest BCUT2D eigenvalue weighted by Crippen LogP contribution is 2.24. The van der Waals surface area contributed by atoms with Gasteiger partial charge in [-0.3, -0.25) is 15.0 Å². The molecule has 2 aromatic heterocycles. The number of amides is 1. The van der Waals surface area contributed by atoms with Gasteiger partial charge in [-0.25, -0.2) is 4.39 Å². The Morgan fingerprint density at radius 2 is 1.86 bits per heavy atom. The van der Waals surface area contributed by atoms with Crippen LogP contribution in [0.2, 0.25) is 0 Å². The summed E-state index contributed by atoms with van der Waals surface area (Å²) in [5.74, 6) is -0.690. The molecule has 0 spiro atoms. The van der Waals surface area contributed by atoms with Crippen molar-refractivity contribution in [3.05, 3.63) is 54.1 Å². The zero-order chi connectivity index (χ0) is 15.1. The van der Waals surface area contributed by atoms with E-state index < -0.39 is 0 Å². The van der Waals surface area contributed by atoms with E-state index in [0.29, 0.717) is 22.3 Å². The Morgan fingerprint density at radius 3 is 2.68 bits per heavy atom. The maximum Gasteiger partial charge on any atom is 0.274 e. The first-order valence-electron chi connectivity index (χ1n) is 6.59. The molecule has 0 bridgehead atoms. The number of hydrogen-bond donors (Lipinski definition) is 3. The SMILES string of the molecule is O=C(Nc1ccc(F)cc1)c1[nH]nc2c1ccc1[nH]ncc12. The van der Waals surface area contributed by atoms with Crippen molar-refractivity contribution in [3.8, 4) is 0 Å². The van der Waals surface area contributed by atoms with Crippen molar-refractivity contribution < 1.29 is 9.18 Å². The largest absolute Gasteiger partial charge is 0.321 e. The molecule has 108 valence electrons. The first-order valence-corrected chi connectivity index (χ1v) is 6.59. The van der Waals surface area contributed by atoms with E-state index in [4.69, 9.17) is 0 Å². The summed E-state index contributed by atoms with van der Waals surface area (Å²) in [6, 6.07) is 9.22. The Labute approximate surface area is 123 Å². The van der Waals surface area contributed by atoms with Gasteiger partial charge in [-0.15, -0.1) is 0 Å². The summed E-state index contributed by atoms with van der Waals surface area (Å²) >= 11 is 0. The van der Waals surface area contributed by atoms with Gasteiger partial charge in [-0.1, -0.05) is 0 Å². The van der Waals surface area contributed by atoms with Crippen molar-refractivity contribution in [2.45, 2.75) is 0 Å². The quantitative estimate of drug-likeness (QED) is 0.531. The summed E-state index contributed by atoms with van der Waals surface area (Å²) < 4.78 is 12.9. The van der Waals surface area contributed by atoms with Crippen molar-refractivity contribution in [1.82, 2.24) is 20.4 Å². The molecule has 6 nitrogen and oxygen atoms in total. The van der Waals surface area contributed by atoms with Crippen LogP contribution in [0.25, 0.3) is 21.8 Å². The molecule has 0 atom stereocenters. The molecular weight excluding hydrogens is 285 g/mol. The predicted molar refractivity (Wildman–Crippen MR) is 80.1 cm³/mol. The van der Waals surface area contributed by atoms with Crippen molar-refractivity contribution >= 4 is 33.4 Å². The molecule has 0 fully saturated rings. The molecule has 2 aromatic carbocycles. The highest BCUT2D eigenvalue weighted by Gasteiger charge is 2.16. The zero-order valence-corrected chi connectivity index (χ0v) is 11.2. The van der Waals surface area contributed by atoms with Gasteiger partial charge in [0.1, 0.15) is 17.0 Å². The minimum Gasteiger partial charge on any atom is -0.321 e. The van der Waals surface area contributed by atoms with E-state index in [-0.39, 0.29) is 11.7 Å². The average molecular weight is 295 g/mol. The van der Waals surface area contributed by atoms with E-state index in [2.05, 4.69) is 25.7 Å². The van der Waals surface area contributed by atoms with E-state index in [1.165, 1.54) is 24.3 Å². The fourth-order valence-electron chi connectivity index (χ4n) is 2.40. The summed E-state index contributed by atoms with van der Waals surface area (Å²) in [5.41, 5.74) is 2.39. The maximum absolute atomic E-state index is 12.9. The zero-order valence-electron chi connectivity index (χ0n) is 11.2. The number of carbonyl (C=O) groups is 1. The van der Waals surface area contributed by atoms with Crippen LogP contribution >= 0.6 is 0 Å². The van der Waals surface area contributed by atoms with Crippen LogP contribution in [-0.2, 0) is 0 Å². The van der Waals surface area contributed by atoms with E-state index in [9.17, 15) is 9.18 Å². The van der Waals surface area contributed by atoms with Crippen molar-refractivity contribution in [2.24, 2.45) is 0 Å². The molecule has 2 heterocycles. The van der Waals surface area contributed by atoms with Gasteiger partial charge in [0.05, 0.1) is 11.7 Å². The molecule has 0 aliphatic heterocycles. The number of aromatic nitrogens is 4. The second-order valence-electron chi connectivity index (χ2n) is 4.85. The van der Waals surface area contributed by atoms with Gasteiger partial charge in [0.2, 0.25) is 0 Å². The summed E-state index contributed by atoms with van der Waals surface area (Å²) in [6.45, 7) is 0. The van der Waals surface area contributed by atoms with Crippen LogP contribution in [0.4, 0.5) is 10.1 Å². The van der Waals surface area contributed by atoms with Crippen LogP contribution in [0.1, 0.15) is 10.5 Å². The standard InChI is InChI=1S/C15H10FN5O/c16-8-1-3-9(4-2-8)18-15(22)14-10-5-6-12-11(7-17-19-12)13(10)20-21-14/h1-7H,(H,17,19)(H,18,22)(H,20,21). The molecule has 0 aliphatic carbocycles. The maximum atomic E-state index is 12.9. The van der Waals surface area contributed by atoms with Gasteiger partial charge in [-0.2, -0.15) is 10.2 Å². The lowest BCUT2D eigenvalue weighted by Gasteiger charge is -2.03. The Kier molecular flexibility index (Phi) is 2.65. The second-order valence-corrected chi connectivity index (χ2v) is 4.85. The Hall–Kier alpha value is -3.22. The number of rotatable bonds is 2. The monoisotopic (exact) mass is 295 g/mol. The Balaban J connectivity index is 1.73. The van der Waals surface area contributed by atoms with Gasteiger partial charge < -0.3 is 5.32 Å². The molecule has 4 aromatic rings. The van der Waals surface area contributed by atoms with Crippen LogP contribution < -0.4 is 5.32 Å². The number of anilines is 1. The minimum absolute atomic E-state index is 0.336. The van der Waals surface area contributed by atoms with Gasteiger partial charge in [-0.05, 0) is 36.4 Å². The molecule has 0 saturated heterocycles. The van der Waals surface area contributed by atoms with Gasteiger partial charge >= 0.3 is 0 Å². The fraction of sp³-hybridized carbons (Fsp3) is 0. The number of nitrogens with one attached hydrogen (secondary N) is 3. The third kappa shape index (κ3) is 1.91. The van der Waals surface area contributed by atoms with E-state index in [1.807, 2.05) is 6.07 Å². The number of aromatic amines is 2. The van der Waals surface area contributed by atoms with Gasteiger partial charge in [0.15, 0.2) is 0 Å². The normalized spacial score (nSPS) is 11.1. The number of carbonyl (C=O) groups excluding carboxylic acids is 1. The topological polar surface area (TPSA) is 86.5 Å². The molecule has 0 radical (unpaired) electrons. The number of H-pyrrole nitrogens is 2. The van der Waals surface area contributed by atoms with Crippen LogP contribution in [0.15, 0.2) is 42.6 Å². The van der Waals surface area contributed by atoms with Crippen LogP contribution in [0, 0.1) is 5.82 Å². The summed E-state index contributed by atoms with van der Waals surface area (Å²) in [7, 11) is 0. The van der Waals surface area contributed by atoms with Gasteiger partial charge in [0, 0.05) is 16.5 Å². The number of hydrogen-bond acceptors (Lipinski definition) is 3. The molecule has 0 unspecified atom stereocenters. The van der Waals surface area contributed by atoms with Crippen LogP contribution in [0.3, 0.4) is 0 Å². The van der Waals surface area contributed by atoms with E-state index in [0.717, 1.165) is 10.9 Å². The average Bonchev–Trinajstić information content (AvgIpc) is 3.14. The highest BCUT2D eigenvalue weighted by atomic mass is 19.1. The lowest BCUT2D eigenvalue weighted by molar-refractivity contribution is 0.102. The first-order chi connectivity index (χ1) is 10.7. The summed E-state index contributed by atoms with van der Waals surface area (Å²) in [4.78, 5) is 12.3. The summed E-state index contributed by atoms with van der Waals surface area (Å²) in [6.07, 6.45) is 1.67. The molecule has 0 saturated carbocycles. The third-order valence-electron chi connectivity index (χ3n) is 3.47. The molecule has 3 N–H and O–H groups in total. The Bertz CT molecular complexity index is 986. The Morgan fingerprint density at radius 1 is 1.05 bits per heavy atom. The smallest absolute Gasteiger partial charge is 0.274 e. The molecule has 22 heavy (non-hydrogen) atoms. The number of fused-ring (bicyclic) bond motifs is 3. The van der Waals surface area contributed by atoms with Crippen molar-refractivity contribution in [2.75, 3.05) is 5.32 Å². The molecule has 7 heteroatoms.